The summed E-state index contributed by atoms with van der Waals surface area (Å²) in [6, 6.07) is 6.35. The number of fused-ring (bicyclic) bond motifs is 3. The van der Waals surface area contributed by atoms with Gasteiger partial charge in [-0.25, -0.2) is 4.79 Å². The Hall–Kier alpha value is -1.92. The normalized spacial score (nSPS) is 28.6. The highest BCUT2D eigenvalue weighted by Gasteiger charge is 2.60. The fraction of sp³-hybridized carbons (Fsp3) is 0.708. The van der Waals surface area contributed by atoms with Crippen LogP contribution in [-0.2, 0) is 16.0 Å². The second kappa shape index (κ2) is 10.00. The Morgan fingerprint density at radius 2 is 1.59 bits per heavy atom. The summed E-state index contributed by atoms with van der Waals surface area (Å²) in [4.78, 5) is 17.7. The number of morpholine rings is 1. The molecule has 4 heterocycles. The zero-order valence-corrected chi connectivity index (χ0v) is 20.7. The Balaban J connectivity index is 1.23. The summed E-state index contributed by atoms with van der Waals surface area (Å²) < 4.78 is 86.3. The van der Waals surface area contributed by atoms with Crippen LogP contribution in [-0.4, -0.2) is 85.8 Å². The molecule has 2 bridgehead atoms. The maximum atomic E-state index is 12.8. The van der Waals surface area contributed by atoms with Crippen molar-refractivity contribution in [3.63, 3.8) is 0 Å². The SMILES string of the molecule is O=C(OC(C(F)(F)F)C(F)(F)F)N1CC2CN(Cc3cccc(Cl)c3N3C4CCCC3COC4)CC2C1. The highest BCUT2D eigenvalue weighted by Crippen LogP contribution is 2.41. The van der Waals surface area contributed by atoms with Gasteiger partial charge in [0.15, 0.2) is 0 Å². The van der Waals surface area contributed by atoms with Gasteiger partial charge >= 0.3 is 18.4 Å². The van der Waals surface area contributed by atoms with Gasteiger partial charge in [-0.3, -0.25) is 4.90 Å². The van der Waals surface area contributed by atoms with Gasteiger partial charge in [0.2, 0.25) is 0 Å². The summed E-state index contributed by atoms with van der Waals surface area (Å²) in [5.74, 6) is -0.124. The fourth-order valence-electron chi connectivity index (χ4n) is 6.28. The molecule has 13 heteroatoms. The van der Waals surface area contributed by atoms with Crippen molar-refractivity contribution >= 4 is 23.4 Å². The number of halogens is 7. The maximum Gasteiger partial charge on any atom is 0.434 e. The molecule has 0 saturated carbocycles. The standard InChI is InChI=1S/C24H28ClF6N3O3/c25-19-6-1-3-14(20(19)34-17-4-2-5-18(34)13-36-12-17)7-32-8-15-10-33(11-16(15)9-32)22(35)37-21(23(26,27)28)24(29,30)31/h1,3,6,15-18,21H,2,4-5,7-13H2. The van der Waals surface area contributed by atoms with Crippen molar-refractivity contribution in [3.05, 3.63) is 28.8 Å². The van der Waals surface area contributed by atoms with Crippen LogP contribution >= 0.6 is 11.6 Å². The highest BCUT2D eigenvalue weighted by atomic mass is 35.5. The van der Waals surface area contributed by atoms with Crippen molar-refractivity contribution in [3.8, 4) is 0 Å². The third-order valence-corrected chi connectivity index (χ3v) is 8.14. The van der Waals surface area contributed by atoms with E-state index < -0.39 is 24.5 Å². The van der Waals surface area contributed by atoms with E-state index in [9.17, 15) is 31.1 Å². The van der Waals surface area contributed by atoms with Gasteiger partial charge in [-0.15, -0.1) is 0 Å². The lowest BCUT2D eigenvalue weighted by atomic mass is 9.92. The van der Waals surface area contributed by atoms with E-state index in [-0.39, 0.29) is 37.0 Å². The quantitative estimate of drug-likeness (QED) is 0.484. The molecule has 206 valence electrons. The number of carbonyl (C=O) groups excluding carboxylic acids is 1. The molecule has 37 heavy (non-hydrogen) atoms. The van der Waals surface area contributed by atoms with E-state index in [0.717, 1.165) is 35.4 Å². The van der Waals surface area contributed by atoms with E-state index in [4.69, 9.17) is 16.3 Å². The van der Waals surface area contributed by atoms with E-state index in [0.29, 0.717) is 37.9 Å². The predicted octanol–water partition coefficient (Wildman–Crippen LogP) is 5.09. The van der Waals surface area contributed by atoms with Crippen LogP contribution in [0.15, 0.2) is 18.2 Å². The number of benzene rings is 1. The number of nitrogens with zero attached hydrogens (tertiary/aromatic N) is 3. The topological polar surface area (TPSA) is 45.2 Å². The van der Waals surface area contributed by atoms with Gasteiger partial charge in [-0.1, -0.05) is 23.7 Å². The lowest BCUT2D eigenvalue weighted by Gasteiger charge is -2.48. The number of likely N-dealkylation sites (tertiary alicyclic amines) is 2. The van der Waals surface area contributed by atoms with Gasteiger partial charge in [0, 0.05) is 32.7 Å². The van der Waals surface area contributed by atoms with Crippen LogP contribution in [0.1, 0.15) is 24.8 Å². The number of piperidine rings is 1. The summed E-state index contributed by atoms with van der Waals surface area (Å²) in [7, 11) is 0. The molecule has 4 aliphatic rings. The van der Waals surface area contributed by atoms with Crippen LogP contribution < -0.4 is 4.90 Å². The van der Waals surface area contributed by atoms with E-state index in [1.807, 2.05) is 18.2 Å². The number of alkyl halides is 6. The molecule has 0 aromatic heterocycles. The Kier molecular flexibility index (Phi) is 7.21. The second-order valence-electron chi connectivity index (χ2n) is 10.4. The number of anilines is 1. The average molecular weight is 556 g/mol. The Morgan fingerprint density at radius 1 is 1.00 bits per heavy atom. The fourth-order valence-corrected chi connectivity index (χ4v) is 6.57. The molecule has 4 aliphatic heterocycles. The third kappa shape index (κ3) is 5.47. The largest absolute Gasteiger partial charge is 0.434 e. The third-order valence-electron chi connectivity index (χ3n) is 7.84. The minimum Gasteiger partial charge on any atom is -0.426 e. The van der Waals surface area contributed by atoms with Crippen molar-refractivity contribution in [1.29, 1.82) is 0 Å². The molecule has 4 fully saturated rings. The molecule has 0 aliphatic carbocycles. The summed E-state index contributed by atoms with van der Waals surface area (Å²) in [5.41, 5.74) is 2.08. The Bertz CT molecular complexity index is 959. The molecule has 1 aromatic carbocycles. The van der Waals surface area contributed by atoms with Gasteiger partial charge in [-0.2, -0.15) is 26.3 Å². The van der Waals surface area contributed by atoms with Crippen LogP contribution in [0.5, 0.6) is 0 Å². The van der Waals surface area contributed by atoms with Gasteiger partial charge in [-0.05, 0) is 42.7 Å². The Labute approximate surface area is 215 Å². The number of hydrogen-bond donors (Lipinski definition) is 0. The van der Waals surface area contributed by atoms with E-state index in [2.05, 4.69) is 14.5 Å². The van der Waals surface area contributed by atoms with Crippen LogP contribution in [0.25, 0.3) is 0 Å². The summed E-state index contributed by atoms with van der Waals surface area (Å²) in [6.45, 7) is 3.16. The first kappa shape index (κ1) is 26.7. The number of ether oxygens (including phenoxy) is 2. The molecule has 6 nitrogen and oxygen atoms in total. The summed E-state index contributed by atoms with van der Waals surface area (Å²) in [6.07, 6.45) is -14.0. The summed E-state index contributed by atoms with van der Waals surface area (Å²) in [5, 5.41) is 0.675. The monoisotopic (exact) mass is 555 g/mol. The molecule has 0 N–H and O–H groups in total. The lowest BCUT2D eigenvalue weighted by molar-refractivity contribution is -0.308. The minimum atomic E-state index is -5.73. The highest BCUT2D eigenvalue weighted by molar-refractivity contribution is 6.33. The molecule has 1 aromatic rings. The molecular weight excluding hydrogens is 528 g/mol. The van der Waals surface area contributed by atoms with Crippen molar-refractivity contribution in [1.82, 2.24) is 9.80 Å². The molecule has 0 radical (unpaired) electrons. The smallest absolute Gasteiger partial charge is 0.426 e. The van der Waals surface area contributed by atoms with E-state index >= 15 is 0 Å². The number of carbonyl (C=O) groups is 1. The van der Waals surface area contributed by atoms with Crippen LogP contribution in [0.2, 0.25) is 5.02 Å². The minimum absolute atomic E-state index is 0.0540. The van der Waals surface area contributed by atoms with Crippen molar-refractivity contribution in [2.24, 2.45) is 11.8 Å². The summed E-state index contributed by atoms with van der Waals surface area (Å²) >= 11 is 6.70. The van der Waals surface area contributed by atoms with E-state index in [1.54, 1.807) is 0 Å². The van der Waals surface area contributed by atoms with Crippen LogP contribution in [0, 0.1) is 11.8 Å². The first-order valence-electron chi connectivity index (χ1n) is 12.4. The second-order valence-corrected chi connectivity index (χ2v) is 10.8. The van der Waals surface area contributed by atoms with Gasteiger partial charge in [0.1, 0.15) is 0 Å². The molecule has 5 rings (SSSR count). The van der Waals surface area contributed by atoms with Crippen molar-refractivity contribution in [2.75, 3.05) is 44.3 Å². The molecule has 0 spiro atoms. The number of amides is 1. The maximum absolute atomic E-state index is 12.8. The van der Waals surface area contributed by atoms with Gasteiger partial charge in [0.25, 0.3) is 6.10 Å². The van der Waals surface area contributed by atoms with Crippen LogP contribution in [0.3, 0.4) is 0 Å². The van der Waals surface area contributed by atoms with Crippen molar-refractivity contribution in [2.45, 2.75) is 56.3 Å². The van der Waals surface area contributed by atoms with E-state index in [1.165, 1.54) is 0 Å². The molecule has 4 atom stereocenters. The van der Waals surface area contributed by atoms with Crippen molar-refractivity contribution < 1.29 is 40.6 Å². The number of hydrogen-bond acceptors (Lipinski definition) is 5. The van der Waals surface area contributed by atoms with Gasteiger partial charge in [0.05, 0.1) is 36.0 Å². The molecule has 4 unspecified atom stereocenters. The number of para-hydroxylation sites is 1. The average Bonchev–Trinajstić information content (AvgIpc) is 3.34. The number of rotatable bonds is 4. The zero-order valence-electron chi connectivity index (χ0n) is 19.9. The van der Waals surface area contributed by atoms with Crippen LogP contribution in [0.4, 0.5) is 36.8 Å². The lowest BCUT2D eigenvalue weighted by Crippen LogP contribution is -2.55. The molecular formula is C24H28ClF6N3O3. The molecule has 4 saturated heterocycles. The zero-order chi connectivity index (χ0) is 26.5. The Morgan fingerprint density at radius 3 is 2.16 bits per heavy atom. The van der Waals surface area contributed by atoms with Gasteiger partial charge < -0.3 is 19.3 Å². The first-order valence-corrected chi connectivity index (χ1v) is 12.7. The molecule has 1 amide bonds. The predicted molar refractivity (Wildman–Crippen MR) is 122 cm³/mol. The first-order chi connectivity index (χ1) is 17.4.